The number of amides is 1. The van der Waals surface area contributed by atoms with Crippen molar-refractivity contribution in [3.8, 4) is 11.3 Å². The molecule has 1 heterocycles. The minimum absolute atomic E-state index is 0.0995. The van der Waals surface area contributed by atoms with E-state index in [9.17, 15) is 4.79 Å². The smallest absolute Gasteiger partial charge is 0.287 e. The van der Waals surface area contributed by atoms with Gasteiger partial charge < -0.3 is 9.73 Å². The molecule has 116 valence electrons. The third kappa shape index (κ3) is 3.46. The van der Waals surface area contributed by atoms with Gasteiger partial charge >= 0.3 is 0 Å². The summed E-state index contributed by atoms with van der Waals surface area (Å²) in [6.45, 7) is 1.94. The lowest BCUT2D eigenvalue weighted by molar-refractivity contribution is 0.0912. The zero-order valence-corrected chi connectivity index (χ0v) is 13.4. The Labute approximate surface area is 139 Å². The van der Waals surface area contributed by atoms with Gasteiger partial charge in [0.05, 0.1) is 11.1 Å². The highest BCUT2D eigenvalue weighted by atomic mass is 35.5. The molecule has 0 aliphatic rings. The maximum atomic E-state index is 12.3. The van der Waals surface area contributed by atoms with Crippen molar-refractivity contribution in [3.05, 3.63) is 83.1 Å². The van der Waals surface area contributed by atoms with Gasteiger partial charge in [-0.25, -0.2) is 0 Å². The summed E-state index contributed by atoms with van der Waals surface area (Å²) < 4.78 is 5.65. The van der Waals surface area contributed by atoms with Crippen LogP contribution >= 0.6 is 11.6 Å². The van der Waals surface area contributed by atoms with E-state index >= 15 is 0 Å². The van der Waals surface area contributed by atoms with E-state index in [2.05, 4.69) is 5.32 Å². The van der Waals surface area contributed by atoms with Crippen LogP contribution in [0.5, 0.6) is 0 Å². The third-order valence-corrected chi connectivity index (χ3v) is 3.95. The fraction of sp³-hybridized carbons (Fsp3) is 0.105. The molecule has 1 amide bonds. The standard InChI is InChI=1S/C19H16ClNO2/c1-13(14-7-3-2-4-8-14)21-19(22)18-12-11-17(23-18)15-9-5-6-10-16(15)20/h2-13H,1H3,(H,21,22)/t13-/m0/s1. The van der Waals surface area contributed by atoms with Gasteiger partial charge in [-0.05, 0) is 36.8 Å². The normalized spacial score (nSPS) is 11.9. The summed E-state index contributed by atoms with van der Waals surface area (Å²) in [6.07, 6.45) is 0. The van der Waals surface area contributed by atoms with Crippen molar-refractivity contribution >= 4 is 17.5 Å². The largest absolute Gasteiger partial charge is 0.451 e. The van der Waals surface area contributed by atoms with Crippen LogP contribution in [0.15, 0.2) is 71.1 Å². The molecule has 0 saturated carbocycles. The second kappa shape index (κ2) is 6.71. The Morgan fingerprint density at radius 1 is 1.00 bits per heavy atom. The zero-order valence-electron chi connectivity index (χ0n) is 12.6. The molecule has 0 unspecified atom stereocenters. The topological polar surface area (TPSA) is 42.2 Å². The maximum Gasteiger partial charge on any atom is 0.287 e. The molecule has 23 heavy (non-hydrogen) atoms. The third-order valence-electron chi connectivity index (χ3n) is 3.62. The molecule has 3 aromatic rings. The lowest BCUT2D eigenvalue weighted by atomic mass is 10.1. The van der Waals surface area contributed by atoms with Crippen LogP contribution < -0.4 is 5.32 Å². The molecule has 2 aromatic carbocycles. The summed E-state index contributed by atoms with van der Waals surface area (Å²) >= 11 is 6.15. The second-order valence-electron chi connectivity index (χ2n) is 5.25. The van der Waals surface area contributed by atoms with Crippen LogP contribution in [0.2, 0.25) is 5.02 Å². The quantitative estimate of drug-likeness (QED) is 0.726. The Bertz CT molecular complexity index is 811. The van der Waals surface area contributed by atoms with E-state index in [0.717, 1.165) is 11.1 Å². The monoisotopic (exact) mass is 325 g/mol. The molecular weight excluding hydrogens is 310 g/mol. The van der Waals surface area contributed by atoms with Crippen LogP contribution in [0.25, 0.3) is 11.3 Å². The summed E-state index contributed by atoms with van der Waals surface area (Å²) in [7, 11) is 0. The minimum atomic E-state index is -0.250. The first-order valence-electron chi connectivity index (χ1n) is 7.35. The highest BCUT2D eigenvalue weighted by Crippen LogP contribution is 2.29. The Kier molecular flexibility index (Phi) is 4.49. The maximum absolute atomic E-state index is 12.3. The van der Waals surface area contributed by atoms with Gasteiger partial charge in [0.15, 0.2) is 5.76 Å². The van der Waals surface area contributed by atoms with Crippen LogP contribution in [-0.2, 0) is 0 Å². The molecule has 0 saturated heterocycles. The molecule has 1 atom stereocenters. The van der Waals surface area contributed by atoms with Crippen molar-refractivity contribution < 1.29 is 9.21 Å². The fourth-order valence-corrected chi connectivity index (χ4v) is 2.59. The highest BCUT2D eigenvalue weighted by Gasteiger charge is 2.16. The first-order chi connectivity index (χ1) is 11.1. The van der Waals surface area contributed by atoms with E-state index in [0.29, 0.717) is 10.8 Å². The van der Waals surface area contributed by atoms with Crippen molar-refractivity contribution in [3.63, 3.8) is 0 Å². The molecule has 3 rings (SSSR count). The van der Waals surface area contributed by atoms with Gasteiger partial charge in [0, 0.05) is 5.56 Å². The van der Waals surface area contributed by atoms with Gasteiger partial charge in [-0.2, -0.15) is 0 Å². The van der Waals surface area contributed by atoms with E-state index < -0.39 is 0 Å². The number of benzene rings is 2. The Morgan fingerprint density at radius 2 is 1.70 bits per heavy atom. The van der Waals surface area contributed by atoms with Crippen LogP contribution in [-0.4, -0.2) is 5.91 Å². The Hall–Kier alpha value is -2.52. The van der Waals surface area contributed by atoms with E-state index in [1.165, 1.54) is 0 Å². The number of halogens is 1. The van der Waals surface area contributed by atoms with Crippen molar-refractivity contribution in [1.29, 1.82) is 0 Å². The summed E-state index contributed by atoms with van der Waals surface area (Å²) in [5.41, 5.74) is 1.81. The first kappa shape index (κ1) is 15.4. The first-order valence-corrected chi connectivity index (χ1v) is 7.73. The number of nitrogens with one attached hydrogen (secondary N) is 1. The zero-order chi connectivity index (χ0) is 16.2. The Morgan fingerprint density at radius 3 is 2.43 bits per heavy atom. The average Bonchev–Trinajstić information content (AvgIpc) is 3.06. The fourth-order valence-electron chi connectivity index (χ4n) is 2.36. The van der Waals surface area contributed by atoms with Gasteiger partial charge in [-0.15, -0.1) is 0 Å². The van der Waals surface area contributed by atoms with Crippen LogP contribution in [0, 0.1) is 0 Å². The van der Waals surface area contributed by atoms with E-state index in [-0.39, 0.29) is 17.7 Å². The van der Waals surface area contributed by atoms with Gasteiger partial charge in [0.1, 0.15) is 5.76 Å². The van der Waals surface area contributed by atoms with Crippen molar-refractivity contribution in [1.82, 2.24) is 5.32 Å². The van der Waals surface area contributed by atoms with E-state index in [1.54, 1.807) is 18.2 Å². The highest BCUT2D eigenvalue weighted by molar-refractivity contribution is 6.33. The van der Waals surface area contributed by atoms with Crippen LogP contribution in [0.3, 0.4) is 0 Å². The number of carbonyl (C=O) groups is 1. The van der Waals surface area contributed by atoms with Gasteiger partial charge in [0.2, 0.25) is 0 Å². The number of hydrogen-bond acceptors (Lipinski definition) is 2. The van der Waals surface area contributed by atoms with Crippen molar-refractivity contribution in [2.24, 2.45) is 0 Å². The molecule has 4 heteroatoms. The molecule has 1 aromatic heterocycles. The van der Waals surface area contributed by atoms with Crippen LogP contribution in [0.4, 0.5) is 0 Å². The number of rotatable bonds is 4. The molecule has 0 fully saturated rings. The van der Waals surface area contributed by atoms with E-state index in [4.69, 9.17) is 16.0 Å². The molecule has 0 aliphatic carbocycles. The molecule has 0 spiro atoms. The molecule has 0 radical (unpaired) electrons. The molecule has 0 aliphatic heterocycles. The number of furan rings is 1. The summed E-state index contributed by atoms with van der Waals surface area (Å²) in [5, 5.41) is 3.52. The molecule has 3 nitrogen and oxygen atoms in total. The predicted molar refractivity (Wildman–Crippen MR) is 91.5 cm³/mol. The minimum Gasteiger partial charge on any atom is -0.451 e. The SMILES string of the molecule is C[C@H](NC(=O)c1ccc(-c2ccccc2Cl)o1)c1ccccc1. The summed E-state index contributed by atoms with van der Waals surface area (Å²) in [5.74, 6) is 0.593. The number of carbonyl (C=O) groups excluding carboxylic acids is 1. The van der Waals surface area contributed by atoms with Gasteiger partial charge in [-0.3, -0.25) is 4.79 Å². The lowest BCUT2D eigenvalue weighted by Gasteiger charge is -2.13. The van der Waals surface area contributed by atoms with Crippen molar-refractivity contribution in [2.45, 2.75) is 13.0 Å². The summed E-state index contributed by atoms with van der Waals surface area (Å²) in [4.78, 5) is 12.3. The molecule has 0 bridgehead atoms. The lowest BCUT2D eigenvalue weighted by Crippen LogP contribution is -2.26. The molecule has 1 N–H and O–H groups in total. The molecular formula is C19H16ClNO2. The average molecular weight is 326 g/mol. The number of hydrogen-bond donors (Lipinski definition) is 1. The van der Waals surface area contributed by atoms with Gasteiger partial charge in [-0.1, -0.05) is 54.1 Å². The Balaban J connectivity index is 1.75. The summed E-state index contributed by atoms with van der Waals surface area (Å²) in [6, 6.07) is 20.5. The van der Waals surface area contributed by atoms with Gasteiger partial charge in [0.25, 0.3) is 5.91 Å². The van der Waals surface area contributed by atoms with Crippen LogP contribution in [0.1, 0.15) is 29.1 Å². The van der Waals surface area contributed by atoms with E-state index in [1.807, 2.05) is 55.5 Å². The predicted octanol–water partition coefficient (Wildman–Crippen LogP) is 5.09. The second-order valence-corrected chi connectivity index (χ2v) is 5.66. The van der Waals surface area contributed by atoms with Crippen molar-refractivity contribution in [2.75, 3.05) is 0 Å².